The van der Waals surface area contributed by atoms with Crippen LogP contribution in [0.3, 0.4) is 0 Å². The maximum Gasteiger partial charge on any atom is 0.188 e. The summed E-state index contributed by atoms with van der Waals surface area (Å²) in [7, 11) is 0. The number of hydrogen-bond donors (Lipinski definition) is 0. The Kier molecular flexibility index (Phi) is 4.13. The third kappa shape index (κ3) is 3.16. The van der Waals surface area contributed by atoms with Gasteiger partial charge in [-0.25, -0.2) is 0 Å². The number of carbonyl (C=O) groups is 1. The van der Waals surface area contributed by atoms with Gasteiger partial charge in [0.25, 0.3) is 0 Å². The average molecular weight is 283 g/mol. The van der Waals surface area contributed by atoms with Crippen molar-refractivity contribution in [3.8, 4) is 0 Å². The van der Waals surface area contributed by atoms with Crippen LogP contribution in [0, 0.1) is 0 Å². The van der Waals surface area contributed by atoms with Crippen LogP contribution >= 0.6 is 15.9 Å². The largest absolute Gasteiger partial charge is 0.370 e. The highest BCUT2D eigenvalue weighted by Gasteiger charge is 2.17. The van der Waals surface area contributed by atoms with E-state index in [-0.39, 0.29) is 12.4 Å². The first-order valence-electron chi connectivity index (χ1n) is 5.66. The van der Waals surface area contributed by atoms with Gasteiger partial charge in [0.1, 0.15) is 6.61 Å². The summed E-state index contributed by atoms with van der Waals surface area (Å²) in [6.07, 6.45) is 4.97. The minimum atomic E-state index is 0.0631. The second kappa shape index (κ2) is 5.60. The summed E-state index contributed by atoms with van der Waals surface area (Å²) < 4.78 is 6.52. The van der Waals surface area contributed by atoms with Gasteiger partial charge in [0.05, 0.1) is 6.10 Å². The van der Waals surface area contributed by atoms with Crippen LogP contribution in [0.4, 0.5) is 0 Å². The number of halogens is 1. The highest BCUT2D eigenvalue weighted by molar-refractivity contribution is 9.10. The molecule has 1 aliphatic rings. The Hall–Kier alpha value is -0.670. The smallest absolute Gasteiger partial charge is 0.188 e. The van der Waals surface area contributed by atoms with Crippen LogP contribution in [0.2, 0.25) is 0 Å². The zero-order valence-corrected chi connectivity index (χ0v) is 10.7. The second-order valence-corrected chi connectivity index (χ2v) is 5.07. The summed E-state index contributed by atoms with van der Waals surface area (Å²) in [6.45, 7) is 0.209. The highest BCUT2D eigenvalue weighted by Crippen LogP contribution is 2.21. The van der Waals surface area contributed by atoms with E-state index in [1.807, 2.05) is 24.3 Å². The van der Waals surface area contributed by atoms with Gasteiger partial charge in [-0.05, 0) is 25.0 Å². The predicted molar refractivity (Wildman–Crippen MR) is 66.7 cm³/mol. The molecule has 1 saturated carbocycles. The van der Waals surface area contributed by atoms with Crippen molar-refractivity contribution < 1.29 is 9.53 Å². The van der Waals surface area contributed by atoms with Crippen LogP contribution < -0.4 is 0 Å². The first kappa shape index (κ1) is 11.8. The SMILES string of the molecule is O=C(COC1CCCC1)c1cccc(Br)c1. The van der Waals surface area contributed by atoms with Crippen molar-refractivity contribution in [1.82, 2.24) is 0 Å². The van der Waals surface area contributed by atoms with Crippen molar-refractivity contribution in [2.45, 2.75) is 31.8 Å². The van der Waals surface area contributed by atoms with Gasteiger partial charge in [-0.1, -0.05) is 40.9 Å². The topological polar surface area (TPSA) is 26.3 Å². The van der Waals surface area contributed by atoms with E-state index >= 15 is 0 Å². The summed E-state index contributed by atoms with van der Waals surface area (Å²) >= 11 is 3.35. The normalized spacial score (nSPS) is 16.6. The lowest BCUT2D eigenvalue weighted by molar-refractivity contribution is 0.0482. The van der Waals surface area contributed by atoms with E-state index < -0.39 is 0 Å². The van der Waals surface area contributed by atoms with Crippen molar-refractivity contribution in [2.75, 3.05) is 6.61 Å². The first-order valence-corrected chi connectivity index (χ1v) is 6.45. The Balaban J connectivity index is 1.87. The molecule has 1 aliphatic carbocycles. The summed E-state index contributed by atoms with van der Waals surface area (Å²) in [6, 6.07) is 7.44. The van der Waals surface area contributed by atoms with E-state index in [0.717, 1.165) is 17.3 Å². The number of Topliss-reactive ketones (excluding diaryl/α,β-unsaturated/α-hetero) is 1. The van der Waals surface area contributed by atoms with E-state index in [4.69, 9.17) is 4.74 Å². The molecule has 0 spiro atoms. The van der Waals surface area contributed by atoms with Gasteiger partial charge in [0, 0.05) is 10.0 Å². The van der Waals surface area contributed by atoms with Gasteiger partial charge in [0.2, 0.25) is 0 Å². The molecule has 0 saturated heterocycles. The lowest BCUT2D eigenvalue weighted by atomic mass is 10.1. The quantitative estimate of drug-likeness (QED) is 0.789. The molecule has 3 heteroatoms. The van der Waals surface area contributed by atoms with Gasteiger partial charge in [-0.3, -0.25) is 4.79 Å². The molecule has 86 valence electrons. The van der Waals surface area contributed by atoms with E-state index in [2.05, 4.69) is 15.9 Å². The van der Waals surface area contributed by atoms with Gasteiger partial charge in [0.15, 0.2) is 5.78 Å². The van der Waals surface area contributed by atoms with Crippen LogP contribution in [-0.4, -0.2) is 18.5 Å². The Morgan fingerprint density at radius 3 is 2.81 bits per heavy atom. The van der Waals surface area contributed by atoms with E-state index in [9.17, 15) is 4.79 Å². The molecule has 0 amide bonds. The minimum Gasteiger partial charge on any atom is -0.370 e. The third-order valence-corrected chi connectivity index (χ3v) is 3.39. The molecule has 1 aromatic carbocycles. The molecule has 0 heterocycles. The number of hydrogen-bond acceptors (Lipinski definition) is 2. The fourth-order valence-corrected chi connectivity index (χ4v) is 2.39. The molecular weight excluding hydrogens is 268 g/mol. The monoisotopic (exact) mass is 282 g/mol. The summed E-state index contributed by atoms with van der Waals surface area (Å²) in [5.74, 6) is 0.0631. The van der Waals surface area contributed by atoms with Crippen molar-refractivity contribution in [3.63, 3.8) is 0 Å². The van der Waals surface area contributed by atoms with Gasteiger partial charge in [-0.2, -0.15) is 0 Å². The minimum absolute atomic E-state index is 0.0631. The molecule has 2 nitrogen and oxygen atoms in total. The lowest BCUT2D eigenvalue weighted by Gasteiger charge is -2.10. The van der Waals surface area contributed by atoms with Crippen molar-refractivity contribution in [3.05, 3.63) is 34.3 Å². The summed E-state index contributed by atoms with van der Waals surface area (Å²) in [5.41, 5.74) is 0.715. The molecule has 1 fully saturated rings. The first-order chi connectivity index (χ1) is 7.75. The fourth-order valence-electron chi connectivity index (χ4n) is 1.99. The van der Waals surface area contributed by atoms with Crippen LogP contribution in [-0.2, 0) is 4.74 Å². The van der Waals surface area contributed by atoms with E-state index in [0.29, 0.717) is 11.7 Å². The number of ether oxygens (including phenoxy) is 1. The van der Waals surface area contributed by atoms with Gasteiger partial charge >= 0.3 is 0 Å². The van der Waals surface area contributed by atoms with Crippen LogP contribution in [0.15, 0.2) is 28.7 Å². The maximum atomic E-state index is 11.8. The van der Waals surface area contributed by atoms with Crippen molar-refractivity contribution >= 4 is 21.7 Å². The molecule has 0 N–H and O–H groups in total. The molecule has 0 atom stereocenters. The van der Waals surface area contributed by atoms with Crippen molar-refractivity contribution in [2.24, 2.45) is 0 Å². The molecule has 16 heavy (non-hydrogen) atoms. The Labute approximate surface area is 104 Å². The van der Waals surface area contributed by atoms with Gasteiger partial charge in [-0.15, -0.1) is 0 Å². The van der Waals surface area contributed by atoms with Crippen LogP contribution in [0.1, 0.15) is 36.0 Å². The zero-order valence-electron chi connectivity index (χ0n) is 9.12. The molecule has 1 aromatic rings. The summed E-state index contributed by atoms with van der Waals surface area (Å²) in [4.78, 5) is 11.8. The molecule has 0 bridgehead atoms. The second-order valence-electron chi connectivity index (χ2n) is 4.15. The standard InChI is InChI=1S/C13H15BrO2/c14-11-5-3-4-10(8-11)13(15)9-16-12-6-1-2-7-12/h3-5,8,12H,1-2,6-7,9H2. The summed E-state index contributed by atoms with van der Waals surface area (Å²) in [5, 5.41) is 0. The zero-order chi connectivity index (χ0) is 11.4. The molecule has 0 aliphatic heterocycles. The fraction of sp³-hybridized carbons (Fsp3) is 0.462. The highest BCUT2D eigenvalue weighted by atomic mass is 79.9. The molecule has 0 unspecified atom stereocenters. The molecule has 0 aromatic heterocycles. The average Bonchev–Trinajstić information content (AvgIpc) is 2.78. The van der Waals surface area contributed by atoms with Crippen LogP contribution in [0.25, 0.3) is 0 Å². The predicted octanol–water partition coefficient (Wildman–Crippen LogP) is 3.59. The Morgan fingerprint density at radius 2 is 2.12 bits per heavy atom. The Bertz CT molecular complexity index is 370. The third-order valence-electron chi connectivity index (χ3n) is 2.90. The molecule has 2 rings (SSSR count). The Morgan fingerprint density at radius 1 is 1.38 bits per heavy atom. The van der Waals surface area contributed by atoms with E-state index in [1.165, 1.54) is 12.8 Å². The molecular formula is C13H15BrO2. The molecule has 0 radical (unpaired) electrons. The van der Waals surface area contributed by atoms with E-state index in [1.54, 1.807) is 0 Å². The number of benzene rings is 1. The van der Waals surface area contributed by atoms with Crippen LogP contribution in [0.5, 0.6) is 0 Å². The van der Waals surface area contributed by atoms with Gasteiger partial charge < -0.3 is 4.74 Å². The number of ketones is 1. The number of carbonyl (C=O) groups excluding carboxylic acids is 1. The maximum absolute atomic E-state index is 11.8. The van der Waals surface area contributed by atoms with Crippen molar-refractivity contribution in [1.29, 1.82) is 0 Å². The lowest BCUT2D eigenvalue weighted by Crippen LogP contribution is -2.15. The number of rotatable bonds is 4.